The molecule has 0 spiro atoms. The fourth-order valence-corrected chi connectivity index (χ4v) is 1.67. The summed E-state index contributed by atoms with van der Waals surface area (Å²) in [6, 6.07) is 6.94. The van der Waals surface area contributed by atoms with Crippen LogP contribution in [0.15, 0.2) is 24.3 Å². The first-order valence-electron chi connectivity index (χ1n) is 6.91. The van der Waals surface area contributed by atoms with Gasteiger partial charge in [-0.3, -0.25) is 4.79 Å². The molecule has 0 radical (unpaired) electrons. The van der Waals surface area contributed by atoms with E-state index in [9.17, 15) is 9.59 Å². The Morgan fingerprint density at radius 3 is 2.35 bits per heavy atom. The summed E-state index contributed by atoms with van der Waals surface area (Å²) >= 11 is 0. The first kappa shape index (κ1) is 16.0. The zero-order valence-corrected chi connectivity index (χ0v) is 12.4. The standard InChI is InChI=1S/C15H23N3O2/c1-4-5-6-10-14(19)16-12-8-7-9-13(11-12)17-15(20)18(2)3/h7-9,11H,4-6,10H2,1-3H3,(H,16,19)(H,17,20). The Kier molecular flexibility index (Phi) is 6.56. The molecule has 0 saturated heterocycles. The Bertz CT molecular complexity index is 458. The number of urea groups is 1. The highest BCUT2D eigenvalue weighted by Crippen LogP contribution is 2.16. The Morgan fingerprint density at radius 1 is 1.10 bits per heavy atom. The number of benzene rings is 1. The van der Waals surface area contributed by atoms with Crippen LogP contribution in [-0.2, 0) is 4.79 Å². The largest absolute Gasteiger partial charge is 0.331 e. The minimum atomic E-state index is -0.198. The lowest BCUT2D eigenvalue weighted by atomic mass is 10.2. The van der Waals surface area contributed by atoms with Crippen molar-refractivity contribution in [1.82, 2.24) is 4.90 Å². The van der Waals surface area contributed by atoms with Crippen LogP contribution in [0.25, 0.3) is 0 Å². The number of unbranched alkanes of at least 4 members (excludes halogenated alkanes) is 2. The third-order valence-electron chi connectivity index (χ3n) is 2.81. The predicted molar refractivity (Wildman–Crippen MR) is 81.9 cm³/mol. The van der Waals surface area contributed by atoms with Crippen molar-refractivity contribution in [3.8, 4) is 0 Å². The Labute approximate surface area is 120 Å². The molecule has 0 saturated carbocycles. The zero-order chi connectivity index (χ0) is 15.0. The van der Waals surface area contributed by atoms with Gasteiger partial charge < -0.3 is 15.5 Å². The molecule has 20 heavy (non-hydrogen) atoms. The number of amides is 3. The van der Waals surface area contributed by atoms with Crippen LogP contribution in [0.5, 0.6) is 0 Å². The molecule has 0 aliphatic heterocycles. The molecule has 1 aromatic rings. The van der Waals surface area contributed by atoms with Gasteiger partial charge in [-0.25, -0.2) is 4.79 Å². The smallest absolute Gasteiger partial charge is 0.321 e. The van der Waals surface area contributed by atoms with E-state index >= 15 is 0 Å². The first-order valence-corrected chi connectivity index (χ1v) is 6.91. The number of rotatable bonds is 6. The van der Waals surface area contributed by atoms with Gasteiger partial charge in [0.1, 0.15) is 0 Å². The lowest BCUT2D eigenvalue weighted by Crippen LogP contribution is -2.27. The van der Waals surface area contributed by atoms with Crippen LogP contribution >= 0.6 is 0 Å². The molecule has 0 fully saturated rings. The van der Waals surface area contributed by atoms with Crippen molar-refractivity contribution in [2.45, 2.75) is 32.6 Å². The summed E-state index contributed by atoms with van der Waals surface area (Å²) in [6.07, 6.45) is 3.59. The molecular formula is C15H23N3O2. The number of anilines is 2. The minimum absolute atomic E-state index is 0.00883. The highest BCUT2D eigenvalue weighted by molar-refractivity contribution is 5.93. The molecule has 0 aliphatic carbocycles. The van der Waals surface area contributed by atoms with Crippen molar-refractivity contribution in [3.63, 3.8) is 0 Å². The van der Waals surface area contributed by atoms with Crippen LogP contribution in [0.1, 0.15) is 32.6 Å². The molecule has 5 heteroatoms. The van der Waals surface area contributed by atoms with E-state index in [0.29, 0.717) is 17.8 Å². The molecule has 0 aliphatic rings. The number of carbonyl (C=O) groups is 2. The summed E-state index contributed by atoms with van der Waals surface area (Å²) in [6.45, 7) is 2.11. The topological polar surface area (TPSA) is 61.4 Å². The summed E-state index contributed by atoms with van der Waals surface area (Å²) in [7, 11) is 3.35. The number of hydrogen-bond donors (Lipinski definition) is 2. The van der Waals surface area contributed by atoms with Gasteiger partial charge in [0, 0.05) is 31.9 Å². The molecule has 0 atom stereocenters. The SMILES string of the molecule is CCCCCC(=O)Nc1cccc(NC(=O)N(C)C)c1. The lowest BCUT2D eigenvalue weighted by molar-refractivity contribution is -0.116. The molecule has 1 rings (SSSR count). The van der Waals surface area contributed by atoms with E-state index in [2.05, 4.69) is 17.6 Å². The van der Waals surface area contributed by atoms with Crippen LogP contribution in [0.3, 0.4) is 0 Å². The average Bonchev–Trinajstić information content (AvgIpc) is 2.39. The molecule has 110 valence electrons. The number of carbonyl (C=O) groups excluding carboxylic acids is 2. The average molecular weight is 277 g/mol. The van der Waals surface area contributed by atoms with Crippen molar-refractivity contribution >= 4 is 23.3 Å². The Hall–Kier alpha value is -2.04. The van der Waals surface area contributed by atoms with Crippen LogP contribution in [0, 0.1) is 0 Å². The summed E-state index contributed by atoms with van der Waals surface area (Å²) in [5, 5.41) is 5.58. The quantitative estimate of drug-likeness (QED) is 0.784. The molecule has 0 heterocycles. The molecule has 5 nitrogen and oxygen atoms in total. The molecule has 1 aromatic carbocycles. The van der Waals surface area contributed by atoms with Crippen LogP contribution in [-0.4, -0.2) is 30.9 Å². The van der Waals surface area contributed by atoms with Crippen LogP contribution in [0.4, 0.5) is 16.2 Å². The van der Waals surface area contributed by atoms with Crippen LogP contribution < -0.4 is 10.6 Å². The summed E-state index contributed by atoms with van der Waals surface area (Å²) in [4.78, 5) is 24.7. The molecule has 0 bridgehead atoms. The van der Waals surface area contributed by atoms with Gasteiger partial charge in [-0.15, -0.1) is 0 Å². The zero-order valence-electron chi connectivity index (χ0n) is 12.4. The van der Waals surface area contributed by atoms with Gasteiger partial charge in [-0.05, 0) is 24.6 Å². The summed E-state index contributed by atoms with van der Waals surface area (Å²) in [5.41, 5.74) is 1.36. The minimum Gasteiger partial charge on any atom is -0.331 e. The third-order valence-corrected chi connectivity index (χ3v) is 2.81. The van der Waals surface area contributed by atoms with Gasteiger partial charge in [0.05, 0.1) is 0 Å². The fraction of sp³-hybridized carbons (Fsp3) is 0.467. The van der Waals surface area contributed by atoms with E-state index in [1.54, 1.807) is 32.3 Å². The second-order valence-electron chi connectivity index (χ2n) is 4.91. The van der Waals surface area contributed by atoms with Crippen LogP contribution in [0.2, 0.25) is 0 Å². The highest BCUT2D eigenvalue weighted by Gasteiger charge is 2.06. The lowest BCUT2D eigenvalue weighted by Gasteiger charge is -2.13. The molecule has 0 aromatic heterocycles. The second kappa shape index (κ2) is 8.19. The number of nitrogens with one attached hydrogen (secondary N) is 2. The molecule has 0 unspecified atom stereocenters. The third kappa shape index (κ3) is 5.73. The fourth-order valence-electron chi connectivity index (χ4n) is 1.67. The molecule has 3 amide bonds. The second-order valence-corrected chi connectivity index (χ2v) is 4.91. The van der Waals surface area contributed by atoms with Gasteiger partial charge >= 0.3 is 6.03 Å². The van der Waals surface area contributed by atoms with Crippen molar-refractivity contribution in [2.24, 2.45) is 0 Å². The maximum atomic E-state index is 11.7. The van der Waals surface area contributed by atoms with E-state index in [1.165, 1.54) is 4.90 Å². The van der Waals surface area contributed by atoms with E-state index < -0.39 is 0 Å². The maximum absolute atomic E-state index is 11.7. The van der Waals surface area contributed by atoms with Crippen molar-refractivity contribution < 1.29 is 9.59 Å². The monoisotopic (exact) mass is 277 g/mol. The van der Waals surface area contributed by atoms with Gasteiger partial charge in [-0.1, -0.05) is 25.8 Å². The highest BCUT2D eigenvalue weighted by atomic mass is 16.2. The van der Waals surface area contributed by atoms with Crippen molar-refractivity contribution in [3.05, 3.63) is 24.3 Å². The Morgan fingerprint density at radius 2 is 1.75 bits per heavy atom. The maximum Gasteiger partial charge on any atom is 0.321 e. The normalized spacial score (nSPS) is 9.95. The van der Waals surface area contributed by atoms with Crippen molar-refractivity contribution in [2.75, 3.05) is 24.7 Å². The predicted octanol–water partition coefficient (Wildman–Crippen LogP) is 3.30. The van der Waals surface area contributed by atoms with Gasteiger partial charge in [-0.2, -0.15) is 0 Å². The van der Waals surface area contributed by atoms with E-state index in [1.807, 2.05) is 6.07 Å². The van der Waals surface area contributed by atoms with Gasteiger partial charge in [0.15, 0.2) is 0 Å². The van der Waals surface area contributed by atoms with E-state index in [0.717, 1.165) is 19.3 Å². The number of hydrogen-bond acceptors (Lipinski definition) is 2. The van der Waals surface area contributed by atoms with E-state index in [-0.39, 0.29) is 11.9 Å². The van der Waals surface area contributed by atoms with Gasteiger partial charge in [0.2, 0.25) is 5.91 Å². The molecule has 2 N–H and O–H groups in total. The number of nitrogens with zero attached hydrogens (tertiary/aromatic N) is 1. The Balaban J connectivity index is 2.55. The van der Waals surface area contributed by atoms with Crippen molar-refractivity contribution in [1.29, 1.82) is 0 Å². The van der Waals surface area contributed by atoms with Gasteiger partial charge in [0.25, 0.3) is 0 Å². The molecular weight excluding hydrogens is 254 g/mol. The summed E-state index contributed by atoms with van der Waals surface area (Å²) in [5.74, 6) is 0.00883. The first-order chi connectivity index (χ1) is 9.52. The van der Waals surface area contributed by atoms with E-state index in [4.69, 9.17) is 0 Å². The summed E-state index contributed by atoms with van der Waals surface area (Å²) < 4.78 is 0.